The van der Waals surface area contributed by atoms with Crippen molar-refractivity contribution in [2.75, 3.05) is 11.1 Å². The monoisotopic (exact) mass is 291 g/mol. The molecule has 0 bridgehead atoms. The van der Waals surface area contributed by atoms with Crippen molar-refractivity contribution in [3.63, 3.8) is 0 Å². The van der Waals surface area contributed by atoms with Gasteiger partial charge in [-0.25, -0.2) is 4.98 Å². The van der Waals surface area contributed by atoms with Gasteiger partial charge < -0.3 is 11.1 Å². The van der Waals surface area contributed by atoms with Crippen LogP contribution in [0.2, 0.25) is 0 Å². The van der Waals surface area contributed by atoms with Crippen molar-refractivity contribution in [1.29, 1.82) is 0 Å². The highest BCUT2D eigenvalue weighted by Crippen LogP contribution is 2.24. The molecule has 17 heavy (non-hydrogen) atoms. The predicted octanol–water partition coefficient (Wildman–Crippen LogP) is 3.60. The molecular formula is C13H14BrN3. The van der Waals surface area contributed by atoms with E-state index in [2.05, 4.69) is 33.2 Å². The summed E-state index contributed by atoms with van der Waals surface area (Å²) in [5.41, 5.74) is 7.68. The summed E-state index contributed by atoms with van der Waals surface area (Å²) in [6.07, 6.45) is 1.76. The molecule has 1 aromatic heterocycles. The summed E-state index contributed by atoms with van der Waals surface area (Å²) in [6, 6.07) is 11.9. The first-order chi connectivity index (χ1) is 8.16. The van der Waals surface area contributed by atoms with E-state index in [1.807, 2.05) is 36.4 Å². The number of nitrogens with one attached hydrogen (secondary N) is 1. The molecule has 0 radical (unpaired) electrons. The lowest BCUT2D eigenvalue weighted by Gasteiger charge is -2.16. The van der Waals surface area contributed by atoms with E-state index < -0.39 is 0 Å². The fraction of sp³-hybridized carbons (Fsp3) is 0.154. The number of nitrogen functional groups attached to an aromatic ring is 1. The number of rotatable bonds is 3. The van der Waals surface area contributed by atoms with E-state index in [0.717, 1.165) is 21.5 Å². The third-order valence-corrected chi connectivity index (χ3v) is 3.16. The average Bonchev–Trinajstić information content (AvgIpc) is 2.32. The second-order valence-corrected chi connectivity index (χ2v) is 4.72. The van der Waals surface area contributed by atoms with Gasteiger partial charge in [0.05, 0.1) is 10.5 Å². The standard InChI is InChI=1S/C13H14BrN3/c1-9(10-4-2-5-11(15)8-10)17-13-12(14)6-3-7-16-13/h2-9H,15H2,1H3,(H,16,17). The number of benzene rings is 1. The molecule has 0 fully saturated rings. The fourth-order valence-corrected chi connectivity index (χ4v) is 1.98. The van der Waals surface area contributed by atoms with Crippen LogP contribution < -0.4 is 11.1 Å². The molecule has 0 spiro atoms. The molecule has 0 amide bonds. The van der Waals surface area contributed by atoms with Crippen molar-refractivity contribution in [3.8, 4) is 0 Å². The molecule has 3 nitrogen and oxygen atoms in total. The van der Waals surface area contributed by atoms with Gasteiger partial charge in [0.2, 0.25) is 0 Å². The number of aromatic nitrogens is 1. The molecule has 0 saturated heterocycles. The minimum atomic E-state index is 0.157. The van der Waals surface area contributed by atoms with Gasteiger partial charge in [-0.1, -0.05) is 12.1 Å². The predicted molar refractivity (Wildman–Crippen MR) is 74.8 cm³/mol. The number of hydrogen-bond acceptors (Lipinski definition) is 3. The number of anilines is 2. The van der Waals surface area contributed by atoms with E-state index in [1.54, 1.807) is 6.20 Å². The minimum Gasteiger partial charge on any atom is -0.399 e. The van der Waals surface area contributed by atoms with Crippen LogP contribution in [-0.4, -0.2) is 4.98 Å². The summed E-state index contributed by atoms with van der Waals surface area (Å²) < 4.78 is 0.954. The Morgan fingerprint density at radius 2 is 2.12 bits per heavy atom. The quantitative estimate of drug-likeness (QED) is 0.850. The first-order valence-electron chi connectivity index (χ1n) is 5.39. The van der Waals surface area contributed by atoms with Crippen molar-refractivity contribution < 1.29 is 0 Å². The van der Waals surface area contributed by atoms with Crippen LogP contribution in [0.15, 0.2) is 47.1 Å². The van der Waals surface area contributed by atoms with Crippen molar-refractivity contribution >= 4 is 27.4 Å². The van der Waals surface area contributed by atoms with Gasteiger partial charge in [-0.05, 0) is 52.7 Å². The van der Waals surface area contributed by atoms with Crippen molar-refractivity contribution in [2.45, 2.75) is 13.0 Å². The molecular weight excluding hydrogens is 278 g/mol. The zero-order valence-corrected chi connectivity index (χ0v) is 11.1. The SMILES string of the molecule is CC(Nc1ncccc1Br)c1cccc(N)c1. The lowest BCUT2D eigenvalue weighted by atomic mass is 10.1. The Bertz CT molecular complexity index is 514. The van der Waals surface area contributed by atoms with Crippen LogP contribution in [0.1, 0.15) is 18.5 Å². The van der Waals surface area contributed by atoms with Crippen LogP contribution >= 0.6 is 15.9 Å². The van der Waals surface area contributed by atoms with Crippen LogP contribution in [0.3, 0.4) is 0 Å². The lowest BCUT2D eigenvalue weighted by molar-refractivity contribution is 0.873. The molecule has 2 aromatic rings. The summed E-state index contributed by atoms with van der Waals surface area (Å²) in [4.78, 5) is 4.28. The summed E-state index contributed by atoms with van der Waals surface area (Å²) >= 11 is 3.46. The Labute approximate surface area is 109 Å². The van der Waals surface area contributed by atoms with Gasteiger partial charge in [0.1, 0.15) is 5.82 Å². The Morgan fingerprint density at radius 1 is 1.29 bits per heavy atom. The molecule has 1 heterocycles. The molecule has 88 valence electrons. The van der Waals surface area contributed by atoms with Crippen LogP contribution in [0.5, 0.6) is 0 Å². The van der Waals surface area contributed by atoms with Crippen LogP contribution in [0, 0.1) is 0 Å². The van der Waals surface area contributed by atoms with Crippen molar-refractivity contribution in [1.82, 2.24) is 4.98 Å². The summed E-state index contributed by atoms with van der Waals surface area (Å²) in [6.45, 7) is 2.08. The Balaban J connectivity index is 2.17. The van der Waals surface area contributed by atoms with E-state index in [0.29, 0.717) is 0 Å². The van der Waals surface area contributed by atoms with Gasteiger partial charge in [-0.2, -0.15) is 0 Å². The lowest BCUT2D eigenvalue weighted by Crippen LogP contribution is -2.08. The maximum atomic E-state index is 5.77. The molecule has 2 rings (SSSR count). The highest BCUT2D eigenvalue weighted by molar-refractivity contribution is 9.10. The second-order valence-electron chi connectivity index (χ2n) is 3.87. The van der Waals surface area contributed by atoms with Gasteiger partial charge in [-0.15, -0.1) is 0 Å². The third-order valence-electron chi connectivity index (χ3n) is 2.52. The van der Waals surface area contributed by atoms with Gasteiger partial charge in [-0.3, -0.25) is 0 Å². The molecule has 0 aliphatic rings. The summed E-state index contributed by atoms with van der Waals surface area (Å²) in [7, 11) is 0. The zero-order valence-electron chi connectivity index (χ0n) is 9.52. The molecule has 1 atom stereocenters. The second kappa shape index (κ2) is 5.19. The summed E-state index contributed by atoms with van der Waals surface area (Å²) in [5.74, 6) is 0.836. The number of halogens is 1. The summed E-state index contributed by atoms with van der Waals surface area (Å²) in [5, 5.41) is 3.34. The van der Waals surface area contributed by atoms with Gasteiger partial charge in [0.15, 0.2) is 0 Å². The number of hydrogen-bond donors (Lipinski definition) is 2. The fourth-order valence-electron chi connectivity index (χ4n) is 1.61. The molecule has 0 aliphatic heterocycles. The van der Waals surface area contributed by atoms with Crippen LogP contribution in [-0.2, 0) is 0 Å². The van der Waals surface area contributed by atoms with Crippen molar-refractivity contribution in [2.24, 2.45) is 0 Å². The van der Waals surface area contributed by atoms with E-state index in [1.165, 1.54) is 0 Å². The number of pyridine rings is 1. The Morgan fingerprint density at radius 3 is 2.82 bits per heavy atom. The van der Waals surface area contributed by atoms with Crippen LogP contribution in [0.4, 0.5) is 11.5 Å². The molecule has 4 heteroatoms. The molecule has 1 unspecified atom stereocenters. The first kappa shape index (κ1) is 11.9. The number of nitrogens with zero attached hydrogens (tertiary/aromatic N) is 1. The van der Waals surface area contributed by atoms with E-state index >= 15 is 0 Å². The zero-order chi connectivity index (χ0) is 12.3. The van der Waals surface area contributed by atoms with E-state index in [4.69, 9.17) is 5.73 Å². The molecule has 0 saturated carbocycles. The van der Waals surface area contributed by atoms with E-state index in [9.17, 15) is 0 Å². The minimum absolute atomic E-state index is 0.157. The maximum Gasteiger partial charge on any atom is 0.140 e. The topological polar surface area (TPSA) is 50.9 Å². The van der Waals surface area contributed by atoms with Crippen molar-refractivity contribution in [3.05, 3.63) is 52.6 Å². The average molecular weight is 292 g/mol. The Kier molecular flexibility index (Phi) is 3.64. The molecule has 1 aromatic carbocycles. The first-order valence-corrected chi connectivity index (χ1v) is 6.18. The normalized spacial score (nSPS) is 12.1. The molecule has 3 N–H and O–H groups in total. The maximum absolute atomic E-state index is 5.77. The third kappa shape index (κ3) is 2.97. The van der Waals surface area contributed by atoms with Gasteiger partial charge in [0, 0.05) is 11.9 Å². The largest absolute Gasteiger partial charge is 0.399 e. The smallest absolute Gasteiger partial charge is 0.140 e. The van der Waals surface area contributed by atoms with Crippen LogP contribution in [0.25, 0.3) is 0 Å². The highest BCUT2D eigenvalue weighted by atomic mass is 79.9. The Hall–Kier alpha value is -1.55. The van der Waals surface area contributed by atoms with Gasteiger partial charge >= 0.3 is 0 Å². The van der Waals surface area contributed by atoms with E-state index in [-0.39, 0.29) is 6.04 Å². The van der Waals surface area contributed by atoms with Gasteiger partial charge in [0.25, 0.3) is 0 Å². The number of nitrogens with two attached hydrogens (primary N) is 1. The highest BCUT2D eigenvalue weighted by Gasteiger charge is 2.07. The molecule has 0 aliphatic carbocycles.